The van der Waals surface area contributed by atoms with Crippen molar-refractivity contribution < 1.29 is 8.95 Å². The quantitative estimate of drug-likeness (QED) is 0.792. The summed E-state index contributed by atoms with van der Waals surface area (Å²) in [5.74, 6) is 2.59. The fourth-order valence-electron chi connectivity index (χ4n) is 2.15. The Morgan fingerprint density at radius 3 is 2.88 bits per heavy atom. The first-order valence-corrected chi connectivity index (χ1v) is 7.15. The van der Waals surface area contributed by atoms with Crippen LogP contribution in [0.1, 0.15) is 30.5 Å². The van der Waals surface area contributed by atoms with Crippen LogP contribution < -0.4 is 4.74 Å². The second kappa shape index (κ2) is 4.58. The third-order valence-corrected chi connectivity index (χ3v) is 3.68. The summed E-state index contributed by atoms with van der Waals surface area (Å²) in [6, 6.07) is 4.28. The first-order valence-electron chi connectivity index (χ1n) is 5.66. The number of ether oxygens (including phenoxy) is 1. The number of hydrogen-bond donors (Lipinski definition) is 0. The van der Waals surface area contributed by atoms with E-state index in [1.165, 1.54) is 11.1 Å². The second-order valence-electron chi connectivity index (χ2n) is 4.86. The first kappa shape index (κ1) is 11.6. The highest BCUT2D eigenvalue weighted by Gasteiger charge is 2.19. The van der Waals surface area contributed by atoms with Gasteiger partial charge in [0, 0.05) is 5.56 Å². The molecule has 1 aliphatic heterocycles. The van der Waals surface area contributed by atoms with Gasteiger partial charge in [-0.25, -0.2) is 0 Å². The van der Waals surface area contributed by atoms with Crippen molar-refractivity contribution in [2.45, 2.75) is 32.9 Å². The Kier molecular flexibility index (Phi) is 3.33. The van der Waals surface area contributed by atoms with Gasteiger partial charge in [-0.15, -0.1) is 0 Å². The Morgan fingerprint density at radius 1 is 1.44 bits per heavy atom. The third-order valence-electron chi connectivity index (χ3n) is 2.67. The molecule has 0 amide bonds. The zero-order valence-electron chi connectivity index (χ0n) is 10.1. The molecule has 0 saturated carbocycles. The lowest BCUT2D eigenvalue weighted by atomic mass is 9.97. The van der Waals surface area contributed by atoms with Crippen LogP contribution in [-0.2, 0) is 23.0 Å². The number of benzene rings is 1. The van der Waals surface area contributed by atoms with Gasteiger partial charge in [0.05, 0.1) is 16.6 Å². The molecule has 0 aliphatic carbocycles. The van der Waals surface area contributed by atoms with Crippen molar-refractivity contribution in [1.82, 2.24) is 0 Å². The highest BCUT2D eigenvalue weighted by Crippen LogP contribution is 2.32. The zero-order chi connectivity index (χ0) is 11.7. The van der Waals surface area contributed by atoms with Crippen LogP contribution in [0, 0.1) is 12.8 Å². The SMILES string of the molecule is Cc1cc(CC(C)C)c2c(c1)CS(=O)CO2. The fraction of sp³-hybridized carbons (Fsp3) is 0.538. The molecule has 1 unspecified atom stereocenters. The second-order valence-corrected chi connectivity index (χ2v) is 6.26. The maximum Gasteiger partial charge on any atom is 0.163 e. The largest absolute Gasteiger partial charge is 0.480 e. The maximum absolute atomic E-state index is 11.5. The normalized spacial score (nSPS) is 19.4. The molecule has 1 heterocycles. The van der Waals surface area contributed by atoms with E-state index in [4.69, 9.17) is 4.74 Å². The van der Waals surface area contributed by atoms with E-state index in [0.29, 0.717) is 17.6 Å². The molecule has 0 radical (unpaired) electrons. The summed E-state index contributed by atoms with van der Waals surface area (Å²) in [4.78, 5) is 0. The van der Waals surface area contributed by atoms with E-state index >= 15 is 0 Å². The van der Waals surface area contributed by atoms with E-state index in [2.05, 4.69) is 32.9 Å². The van der Waals surface area contributed by atoms with E-state index in [1.807, 2.05) is 0 Å². The third kappa shape index (κ3) is 2.46. The summed E-state index contributed by atoms with van der Waals surface area (Å²) in [7, 11) is -0.853. The molecule has 1 aromatic rings. The van der Waals surface area contributed by atoms with Crippen LogP contribution in [0.4, 0.5) is 0 Å². The summed E-state index contributed by atoms with van der Waals surface area (Å²) in [5, 5.41) is 0. The lowest BCUT2D eigenvalue weighted by molar-refractivity contribution is 0.369. The fourth-order valence-corrected chi connectivity index (χ4v) is 3.05. The van der Waals surface area contributed by atoms with Crippen molar-refractivity contribution in [2.24, 2.45) is 5.92 Å². The average molecular weight is 238 g/mol. The standard InChI is InChI=1S/C13H18O2S/c1-9(2)4-11-5-10(3)6-12-7-16(14)8-15-13(11)12/h5-6,9H,4,7-8H2,1-3H3. The van der Waals surface area contributed by atoms with Crippen LogP contribution in [0.25, 0.3) is 0 Å². The lowest BCUT2D eigenvalue weighted by Crippen LogP contribution is -2.17. The predicted molar refractivity (Wildman–Crippen MR) is 67.1 cm³/mol. The van der Waals surface area contributed by atoms with E-state index < -0.39 is 10.8 Å². The average Bonchev–Trinajstić information content (AvgIpc) is 2.15. The molecular weight excluding hydrogens is 220 g/mol. The van der Waals surface area contributed by atoms with Gasteiger partial charge in [-0.1, -0.05) is 31.5 Å². The summed E-state index contributed by atoms with van der Waals surface area (Å²) in [6.45, 7) is 6.49. The van der Waals surface area contributed by atoms with Crippen LogP contribution in [0.5, 0.6) is 5.75 Å². The number of aryl methyl sites for hydroxylation is 1. The summed E-state index contributed by atoms with van der Waals surface area (Å²) < 4.78 is 17.1. The Balaban J connectivity index is 2.41. The van der Waals surface area contributed by atoms with Crippen LogP contribution in [0.3, 0.4) is 0 Å². The van der Waals surface area contributed by atoms with Crippen molar-refractivity contribution in [3.8, 4) is 5.75 Å². The van der Waals surface area contributed by atoms with E-state index in [-0.39, 0.29) is 0 Å². The minimum atomic E-state index is -0.853. The molecule has 0 N–H and O–H groups in total. The van der Waals surface area contributed by atoms with Crippen molar-refractivity contribution in [1.29, 1.82) is 0 Å². The van der Waals surface area contributed by atoms with Gasteiger partial charge in [0.2, 0.25) is 0 Å². The van der Waals surface area contributed by atoms with Gasteiger partial charge < -0.3 is 4.74 Å². The van der Waals surface area contributed by atoms with Gasteiger partial charge in [0.1, 0.15) is 5.75 Å². The van der Waals surface area contributed by atoms with E-state index in [9.17, 15) is 4.21 Å². The van der Waals surface area contributed by atoms with Gasteiger partial charge in [-0.3, -0.25) is 4.21 Å². The predicted octanol–water partition coefficient (Wildman–Crippen LogP) is 2.79. The Morgan fingerprint density at radius 2 is 2.19 bits per heavy atom. The van der Waals surface area contributed by atoms with Crippen LogP contribution in [0.15, 0.2) is 12.1 Å². The highest BCUT2D eigenvalue weighted by atomic mass is 32.2. The van der Waals surface area contributed by atoms with Gasteiger partial charge >= 0.3 is 0 Å². The number of hydrogen-bond acceptors (Lipinski definition) is 2. The minimum absolute atomic E-state index is 0.348. The van der Waals surface area contributed by atoms with Crippen molar-refractivity contribution >= 4 is 10.8 Å². The molecular formula is C13H18O2S. The summed E-state index contributed by atoms with van der Waals surface area (Å²) in [5.41, 5.74) is 3.61. The van der Waals surface area contributed by atoms with Crippen LogP contribution >= 0.6 is 0 Å². The molecule has 0 fully saturated rings. The molecule has 0 saturated heterocycles. The first-order chi connectivity index (χ1) is 7.56. The molecule has 3 heteroatoms. The molecule has 2 rings (SSSR count). The minimum Gasteiger partial charge on any atom is -0.480 e. The lowest BCUT2D eigenvalue weighted by Gasteiger charge is -2.21. The monoisotopic (exact) mass is 238 g/mol. The molecule has 2 nitrogen and oxygen atoms in total. The topological polar surface area (TPSA) is 26.3 Å². The van der Waals surface area contributed by atoms with E-state index in [0.717, 1.165) is 17.7 Å². The van der Waals surface area contributed by atoms with Crippen LogP contribution in [0.2, 0.25) is 0 Å². The van der Waals surface area contributed by atoms with Gasteiger partial charge in [-0.2, -0.15) is 0 Å². The smallest absolute Gasteiger partial charge is 0.163 e. The van der Waals surface area contributed by atoms with Gasteiger partial charge in [0.25, 0.3) is 0 Å². The molecule has 1 atom stereocenters. The Hall–Kier alpha value is -0.830. The molecule has 0 aromatic heterocycles. The summed E-state index contributed by atoms with van der Waals surface area (Å²) >= 11 is 0. The molecule has 0 bridgehead atoms. The molecule has 0 spiro atoms. The van der Waals surface area contributed by atoms with Gasteiger partial charge in [-0.05, 0) is 24.8 Å². The summed E-state index contributed by atoms with van der Waals surface area (Å²) in [6.07, 6.45) is 1.02. The number of rotatable bonds is 2. The molecule has 1 aliphatic rings. The van der Waals surface area contributed by atoms with Crippen LogP contribution in [-0.4, -0.2) is 10.1 Å². The Bertz CT molecular complexity index is 424. The van der Waals surface area contributed by atoms with Crippen molar-refractivity contribution in [2.75, 3.05) is 5.94 Å². The molecule has 88 valence electrons. The Labute approximate surface area is 99.5 Å². The van der Waals surface area contributed by atoms with Gasteiger partial charge in [0.15, 0.2) is 5.94 Å². The van der Waals surface area contributed by atoms with E-state index in [1.54, 1.807) is 0 Å². The van der Waals surface area contributed by atoms with Crippen molar-refractivity contribution in [3.63, 3.8) is 0 Å². The zero-order valence-corrected chi connectivity index (χ0v) is 10.9. The molecule has 16 heavy (non-hydrogen) atoms. The maximum atomic E-state index is 11.5. The molecule has 1 aromatic carbocycles. The highest BCUT2D eigenvalue weighted by molar-refractivity contribution is 7.84. The van der Waals surface area contributed by atoms with Crippen molar-refractivity contribution in [3.05, 3.63) is 28.8 Å². The number of fused-ring (bicyclic) bond motifs is 1.